The largest absolute Gasteiger partial charge is 0.351 e. The van der Waals surface area contributed by atoms with Crippen LogP contribution < -0.4 is 5.32 Å². The predicted octanol–water partition coefficient (Wildman–Crippen LogP) is 2.90. The summed E-state index contributed by atoms with van der Waals surface area (Å²) in [6.07, 6.45) is 2.08. The van der Waals surface area contributed by atoms with Gasteiger partial charge in [-0.1, -0.05) is 15.9 Å². The number of amides is 1. The van der Waals surface area contributed by atoms with E-state index >= 15 is 0 Å². The van der Waals surface area contributed by atoms with Crippen molar-refractivity contribution in [2.75, 3.05) is 0 Å². The number of nitrogens with zero attached hydrogens (tertiary/aromatic N) is 1. The van der Waals surface area contributed by atoms with Gasteiger partial charge in [0, 0.05) is 16.6 Å². The van der Waals surface area contributed by atoms with Crippen molar-refractivity contribution in [3.05, 3.63) is 34.1 Å². The number of nitriles is 1. The van der Waals surface area contributed by atoms with Gasteiger partial charge >= 0.3 is 0 Å². The van der Waals surface area contributed by atoms with Gasteiger partial charge in [-0.25, -0.2) is 4.39 Å². The summed E-state index contributed by atoms with van der Waals surface area (Å²) in [5.41, 5.74) is -0.479. The lowest BCUT2D eigenvalue weighted by atomic mass is 9.69. The molecular weight excluding hydrogens is 299 g/mol. The Balaban J connectivity index is 2.02. The van der Waals surface area contributed by atoms with Crippen molar-refractivity contribution in [3.8, 4) is 6.07 Å². The second kappa shape index (κ2) is 5.07. The van der Waals surface area contributed by atoms with E-state index in [4.69, 9.17) is 5.26 Å². The molecule has 2 rings (SSSR count). The van der Waals surface area contributed by atoms with Crippen LogP contribution in [0.5, 0.6) is 0 Å². The lowest BCUT2D eigenvalue weighted by Crippen LogP contribution is -2.44. The molecule has 94 valence electrons. The maximum atomic E-state index is 13.5. The van der Waals surface area contributed by atoms with Crippen LogP contribution in [-0.2, 0) is 11.3 Å². The van der Waals surface area contributed by atoms with Crippen molar-refractivity contribution in [2.24, 2.45) is 5.41 Å². The van der Waals surface area contributed by atoms with Crippen molar-refractivity contribution in [1.82, 2.24) is 5.32 Å². The molecule has 0 aliphatic heterocycles. The summed E-state index contributed by atoms with van der Waals surface area (Å²) in [5, 5.41) is 11.6. The Morgan fingerprint density at radius 1 is 1.56 bits per heavy atom. The summed E-state index contributed by atoms with van der Waals surface area (Å²) in [6.45, 7) is 0.105. The van der Waals surface area contributed by atoms with Gasteiger partial charge in [0.05, 0.1) is 6.07 Å². The summed E-state index contributed by atoms with van der Waals surface area (Å²) in [4.78, 5) is 11.9. The van der Waals surface area contributed by atoms with Crippen LogP contribution in [0.3, 0.4) is 0 Å². The van der Waals surface area contributed by atoms with E-state index in [1.165, 1.54) is 6.07 Å². The molecule has 0 heterocycles. The Kier molecular flexibility index (Phi) is 3.67. The predicted molar refractivity (Wildman–Crippen MR) is 67.8 cm³/mol. The Morgan fingerprint density at radius 2 is 2.28 bits per heavy atom. The first kappa shape index (κ1) is 13.0. The quantitative estimate of drug-likeness (QED) is 0.933. The molecule has 18 heavy (non-hydrogen) atoms. The maximum Gasteiger partial charge on any atom is 0.240 e. The highest BCUT2D eigenvalue weighted by atomic mass is 79.9. The summed E-state index contributed by atoms with van der Waals surface area (Å²) in [7, 11) is 0. The summed E-state index contributed by atoms with van der Waals surface area (Å²) >= 11 is 3.25. The SMILES string of the molecule is N#CC1(C(=O)NCc2cc(Br)ccc2F)CCC1. The number of carbonyl (C=O) groups excluding carboxylic acids is 1. The van der Waals surface area contributed by atoms with Gasteiger partial charge in [-0.15, -0.1) is 0 Å². The van der Waals surface area contributed by atoms with Gasteiger partial charge in [0.15, 0.2) is 0 Å². The highest BCUT2D eigenvalue weighted by molar-refractivity contribution is 9.10. The minimum absolute atomic E-state index is 0.105. The fourth-order valence-electron chi connectivity index (χ4n) is 1.94. The standard InChI is InChI=1S/C13H12BrFN2O/c14-10-2-3-11(15)9(6-10)7-17-12(18)13(8-16)4-1-5-13/h2-3,6H,1,4-5,7H2,(H,17,18). The molecule has 0 aromatic heterocycles. The molecule has 0 bridgehead atoms. The topological polar surface area (TPSA) is 52.9 Å². The normalized spacial score (nSPS) is 16.5. The van der Waals surface area contributed by atoms with E-state index in [9.17, 15) is 9.18 Å². The van der Waals surface area contributed by atoms with Crippen molar-refractivity contribution in [1.29, 1.82) is 5.26 Å². The lowest BCUT2D eigenvalue weighted by molar-refractivity contribution is -0.131. The first-order valence-corrected chi connectivity index (χ1v) is 6.50. The van der Waals surface area contributed by atoms with Crippen molar-refractivity contribution >= 4 is 21.8 Å². The zero-order chi connectivity index (χ0) is 13.2. The van der Waals surface area contributed by atoms with Crippen molar-refractivity contribution in [2.45, 2.75) is 25.8 Å². The molecule has 1 aliphatic rings. The second-order valence-corrected chi connectivity index (χ2v) is 5.38. The number of benzene rings is 1. The van der Waals surface area contributed by atoms with Gasteiger partial charge in [0.1, 0.15) is 11.2 Å². The lowest BCUT2D eigenvalue weighted by Gasteiger charge is -2.33. The molecule has 3 nitrogen and oxygen atoms in total. The highest BCUT2D eigenvalue weighted by Crippen LogP contribution is 2.40. The number of hydrogen-bond donors (Lipinski definition) is 1. The molecule has 0 radical (unpaired) electrons. The van der Waals surface area contributed by atoms with Gasteiger partial charge in [0.25, 0.3) is 0 Å². The van der Waals surface area contributed by atoms with Crippen LogP contribution in [0.4, 0.5) is 4.39 Å². The van der Waals surface area contributed by atoms with Crippen LogP contribution in [-0.4, -0.2) is 5.91 Å². The van der Waals surface area contributed by atoms with Crippen LogP contribution in [0.2, 0.25) is 0 Å². The van der Waals surface area contributed by atoms with Crippen LogP contribution in [0, 0.1) is 22.6 Å². The molecule has 1 aromatic rings. The van der Waals surface area contributed by atoms with E-state index in [0.29, 0.717) is 18.4 Å². The first-order valence-electron chi connectivity index (χ1n) is 5.71. The van der Waals surface area contributed by atoms with Gasteiger partial charge in [-0.2, -0.15) is 5.26 Å². The number of hydrogen-bond acceptors (Lipinski definition) is 2. The summed E-state index contributed by atoms with van der Waals surface area (Å²) < 4.78 is 14.2. The number of rotatable bonds is 3. The Bertz CT molecular complexity index is 520. The van der Waals surface area contributed by atoms with Gasteiger partial charge < -0.3 is 5.32 Å². The Hall–Kier alpha value is -1.41. The van der Waals surface area contributed by atoms with Crippen LogP contribution in [0.15, 0.2) is 22.7 Å². The van der Waals surface area contributed by atoms with Gasteiger partial charge in [-0.3, -0.25) is 4.79 Å². The van der Waals surface area contributed by atoms with E-state index in [-0.39, 0.29) is 18.3 Å². The molecule has 1 aromatic carbocycles. The van der Waals surface area contributed by atoms with Crippen molar-refractivity contribution in [3.63, 3.8) is 0 Å². The average molecular weight is 311 g/mol. The van der Waals surface area contributed by atoms with E-state index < -0.39 is 5.41 Å². The van der Waals surface area contributed by atoms with Gasteiger partial charge in [0.2, 0.25) is 5.91 Å². The molecule has 0 atom stereocenters. The van der Waals surface area contributed by atoms with E-state index in [0.717, 1.165) is 10.9 Å². The monoisotopic (exact) mass is 310 g/mol. The second-order valence-electron chi connectivity index (χ2n) is 4.47. The molecule has 0 spiro atoms. The Morgan fingerprint density at radius 3 is 2.83 bits per heavy atom. The van der Waals surface area contributed by atoms with E-state index in [2.05, 4.69) is 27.3 Å². The Labute approximate surface area is 113 Å². The summed E-state index contributed by atoms with van der Waals surface area (Å²) in [6, 6.07) is 6.63. The minimum atomic E-state index is -0.886. The minimum Gasteiger partial charge on any atom is -0.351 e. The third-order valence-electron chi connectivity index (χ3n) is 3.30. The number of carbonyl (C=O) groups is 1. The smallest absolute Gasteiger partial charge is 0.240 e. The molecule has 5 heteroatoms. The van der Waals surface area contributed by atoms with Crippen LogP contribution in [0.25, 0.3) is 0 Å². The van der Waals surface area contributed by atoms with Crippen molar-refractivity contribution < 1.29 is 9.18 Å². The fraction of sp³-hybridized carbons (Fsp3) is 0.385. The van der Waals surface area contributed by atoms with E-state index in [1.54, 1.807) is 12.1 Å². The highest BCUT2D eigenvalue weighted by Gasteiger charge is 2.44. The molecule has 0 unspecified atom stereocenters. The molecule has 0 saturated heterocycles. The van der Waals surface area contributed by atoms with Crippen LogP contribution in [0.1, 0.15) is 24.8 Å². The van der Waals surface area contributed by atoms with E-state index in [1.807, 2.05) is 0 Å². The zero-order valence-corrected chi connectivity index (χ0v) is 11.3. The van der Waals surface area contributed by atoms with Gasteiger partial charge in [-0.05, 0) is 37.5 Å². The third kappa shape index (κ3) is 2.39. The average Bonchev–Trinajstić information content (AvgIpc) is 2.29. The zero-order valence-electron chi connectivity index (χ0n) is 9.67. The first-order chi connectivity index (χ1) is 8.57. The molecule has 1 saturated carbocycles. The number of nitrogens with one attached hydrogen (secondary N) is 1. The molecular formula is C13H12BrFN2O. The summed E-state index contributed by atoms with van der Waals surface area (Å²) in [5.74, 6) is -0.659. The molecule has 1 fully saturated rings. The molecule has 1 aliphatic carbocycles. The molecule has 1 N–H and O–H groups in total. The number of halogens is 2. The maximum absolute atomic E-state index is 13.5. The molecule has 1 amide bonds. The van der Waals surface area contributed by atoms with Crippen LogP contribution >= 0.6 is 15.9 Å². The third-order valence-corrected chi connectivity index (χ3v) is 3.80. The fourth-order valence-corrected chi connectivity index (χ4v) is 2.35.